The van der Waals surface area contributed by atoms with Crippen molar-refractivity contribution in [3.63, 3.8) is 0 Å². The van der Waals surface area contributed by atoms with Gasteiger partial charge in [-0.15, -0.1) is 0 Å². The maximum atomic E-state index is 11.9. The predicted molar refractivity (Wildman–Crippen MR) is 55.8 cm³/mol. The Morgan fingerprint density at radius 3 is 3.07 bits per heavy atom. The largest absolute Gasteiger partial charge is 0.391 e. The Bertz CT molecular complexity index is 383. The van der Waals surface area contributed by atoms with Gasteiger partial charge in [-0.2, -0.15) is 0 Å². The maximum Gasteiger partial charge on any atom is 0.257 e. The highest BCUT2D eigenvalue weighted by Gasteiger charge is 2.26. The van der Waals surface area contributed by atoms with Gasteiger partial charge in [0.2, 0.25) is 0 Å². The van der Waals surface area contributed by atoms with Crippen LogP contribution in [0, 0.1) is 0 Å². The quantitative estimate of drug-likeness (QED) is 0.726. The molecule has 2 heterocycles. The molecule has 0 spiro atoms. The number of hydrogen-bond donors (Lipinski definition) is 1. The number of aromatic nitrogens is 1. The summed E-state index contributed by atoms with van der Waals surface area (Å²) in [4.78, 5) is 17.3. The molecule has 1 amide bonds. The summed E-state index contributed by atoms with van der Waals surface area (Å²) in [7, 11) is 0. The summed E-state index contributed by atoms with van der Waals surface area (Å²) in [6.45, 7) is 0.954. The van der Waals surface area contributed by atoms with Crippen LogP contribution in [0.2, 0.25) is 5.15 Å². The van der Waals surface area contributed by atoms with E-state index >= 15 is 0 Å². The molecule has 1 fully saturated rings. The fraction of sp³-hybridized carbons (Fsp3) is 0.400. The first-order valence-corrected chi connectivity index (χ1v) is 5.14. The second-order valence-electron chi connectivity index (χ2n) is 3.54. The van der Waals surface area contributed by atoms with Crippen molar-refractivity contribution in [2.45, 2.75) is 12.5 Å². The van der Waals surface area contributed by atoms with Crippen LogP contribution in [0.25, 0.3) is 0 Å². The van der Waals surface area contributed by atoms with Crippen LogP contribution < -0.4 is 0 Å². The zero-order valence-electron chi connectivity index (χ0n) is 8.06. The molecule has 1 saturated heterocycles. The number of hydrogen-bond acceptors (Lipinski definition) is 3. The van der Waals surface area contributed by atoms with Crippen LogP contribution in [0.15, 0.2) is 18.3 Å². The number of nitrogens with zero attached hydrogens (tertiary/aromatic N) is 2. The summed E-state index contributed by atoms with van der Waals surface area (Å²) in [6.07, 6.45) is 1.76. The van der Waals surface area contributed by atoms with Crippen molar-refractivity contribution in [2.24, 2.45) is 0 Å². The Balaban J connectivity index is 2.18. The first-order valence-electron chi connectivity index (χ1n) is 4.76. The van der Waals surface area contributed by atoms with Crippen molar-refractivity contribution in [3.8, 4) is 0 Å². The van der Waals surface area contributed by atoms with E-state index in [1.807, 2.05) is 0 Å². The molecule has 1 aliphatic rings. The van der Waals surface area contributed by atoms with E-state index in [4.69, 9.17) is 11.6 Å². The van der Waals surface area contributed by atoms with E-state index in [2.05, 4.69) is 4.98 Å². The lowest BCUT2D eigenvalue weighted by molar-refractivity contribution is 0.0764. The molecule has 1 N–H and O–H groups in total. The molecule has 1 aromatic rings. The minimum Gasteiger partial charge on any atom is -0.391 e. The van der Waals surface area contributed by atoms with Gasteiger partial charge in [0.1, 0.15) is 5.15 Å². The zero-order valence-corrected chi connectivity index (χ0v) is 8.81. The van der Waals surface area contributed by atoms with Gasteiger partial charge in [0.05, 0.1) is 11.7 Å². The smallest absolute Gasteiger partial charge is 0.257 e. The molecule has 2 rings (SSSR count). The Labute approximate surface area is 92.5 Å². The van der Waals surface area contributed by atoms with E-state index in [0.29, 0.717) is 25.1 Å². The molecule has 1 aromatic heterocycles. The third-order valence-electron chi connectivity index (χ3n) is 2.44. The molecule has 4 nitrogen and oxygen atoms in total. The monoisotopic (exact) mass is 226 g/mol. The second kappa shape index (κ2) is 4.16. The molecular weight excluding hydrogens is 216 g/mol. The summed E-state index contributed by atoms with van der Waals surface area (Å²) < 4.78 is 0. The first kappa shape index (κ1) is 10.4. The van der Waals surface area contributed by atoms with Gasteiger partial charge in [0.25, 0.3) is 5.91 Å². The number of amides is 1. The van der Waals surface area contributed by atoms with E-state index in [9.17, 15) is 9.90 Å². The van der Waals surface area contributed by atoms with Crippen molar-refractivity contribution in [3.05, 3.63) is 29.0 Å². The molecule has 15 heavy (non-hydrogen) atoms. The summed E-state index contributed by atoms with van der Waals surface area (Å²) in [5.74, 6) is -0.162. The van der Waals surface area contributed by atoms with Crippen molar-refractivity contribution in [1.29, 1.82) is 0 Å². The summed E-state index contributed by atoms with van der Waals surface area (Å²) in [5.41, 5.74) is 0.397. The minimum atomic E-state index is -0.413. The first-order chi connectivity index (χ1) is 7.18. The van der Waals surface area contributed by atoms with Crippen LogP contribution in [-0.2, 0) is 0 Å². The van der Waals surface area contributed by atoms with Crippen LogP contribution in [0.1, 0.15) is 16.8 Å². The van der Waals surface area contributed by atoms with Crippen LogP contribution in [0.5, 0.6) is 0 Å². The Kier molecular flexibility index (Phi) is 2.88. The van der Waals surface area contributed by atoms with Gasteiger partial charge in [-0.1, -0.05) is 11.6 Å². The van der Waals surface area contributed by atoms with Crippen LogP contribution in [0.3, 0.4) is 0 Å². The van der Waals surface area contributed by atoms with E-state index in [1.165, 1.54) is 6.20 Å². The number of carbonyl (C=O) groups is 1. The topological polar surface area (TPSA) is 53.4 Å². The molecule has 80 valence electrons. The van der Waals surface area contributed by atoms with Gasteiger partial charge < -0.3 is 10.0 Å². The van der Waals surface area contributed by atoms with Crippen molar-refractivity contribution < 1.29 is 9.90 Å². The van der Waals surface area contributed by atoms with E-state index in [1.54, 1.807) is 17.0 Å². The third-order valence-corrected chi connectivity index (χ3v) is 2.74. The van der Waals surface area contributed by atoms with Crippen molar-refractivity contribution in [1.82, 2.24) is 9.88 Å². The molecule has 0 radical (unpaired) electrons. The summed E-state index contributed by atoms with van der Waals surface area (Å²) >= 11 is 5.81. The Hall–Kier alpha value is -1.13. The van der Waals surface area contributed by atoms with E-state index < -0.39 is 6.10 Å². The highest BCUT2D eigenvalue weighted by molar-refractivity contribution is 6.32. The number of carbonyl (C=O) groups excluding carboxylic acids is 1. The number of likely N-dealkylation sites (tertiary alicyclic amines) is 1. The van der Waals surface area contributed by atoms with Crippen molar-refractivity contribution in [2.75, 3.05) is 13.1 Å². The lowest BCUT2D eigenvalue weighted by Gasteiger charge is -2.15. The zero-order chi connectivity index (χ0) is 10.8. The van der Waals surface area contributed by atoms with Gasteiger partial charge in [0, 0.05) is 19.3 Å². The molecule has 0 aromatic carbocycles. The molecule has 1 aliphatic heterocycles. The highest BCUT2D eigenvalue weighted by atomic mass is 35.5. The number of pyridine rings is 1. The predicted octanol–water partition coefficient (Wildman–Crippen LogP) is 0.942. The Morgan fingerprint density at radius 2 is 2.47 bits per heavy atom. The number of β-amino-alcohol motifs (C(OH)–C–C–N with tert-alkyl or cyclic N) is 1. The van der Waals surface area contributed by atoms with Crippen LogP contribution >= 0.6 is 11.6 Å². The number of halogens is 1. The molecule has 0 saturated carbocycles. The average molecular weight is 227 g/mol. The minimum absolute atomic E-state index is 0.162. The van der Waals surface area contributed by atoms with Gasteiger partial charge in [-0.05, 0) is 18.6 Å². The van der Waals surface area contributed by atoms with E-state index in [-0.39, 0.29) is 11.1 Å². The fourth-order valence-electron chi connectivity index (χ4n) is 1.64. The lowest BCUT2D eigenvalue weighted by atomic mass is 10.2. The van der Waals surface area contributed by atoms with Crippen LogP contribution in [0.4, 0.5) is 0 Å². The highest BCUT2D eigenvalue weighted by Crippen LogP contribution is 2.17. The van der Waals surface area contributed by atoms with E-state index in [0.717, 1.165) is 0 Å². The fourth-order valence-corrected chi connectivity index (χ4v) is 1.84. The van der Waals surface area contributed by atoms with Gasteiger partial charge in [0.15, 0.2) is 0 Å². The normalized spacial score (nSPS) is 20.7. The maximum absolute atomic E-state index is 11.9. The molecule has 0 unspecified atom stereocenters. The van der Waals surface area contributed by atoms with Gasteiger partial charge in [-0.3, -0.25) is 4.79 Å². The molecule has 5 heteroatoms. The molecule has 0 aliphatic carbocycles. The standard InChI is InChI=1S/C10H11ClN2O2/c11-9-8(2-1-4-12-9)10(15)13-5-3-7(14)6-13/h1-2,4,7,14H,3,5-6H2/t7-/m1/s1. The summed E-state index contributed by atoms with van der Waals surface area (Å²) in [6, 6.07) is 3.31. The van der Waals surface area contributed by atoms with Crippen LogP contribution in [-0.4, -0.2) is 40.1 Å². The molecular formula is C10H11ClN2O2. The summed E-state index contributed by atoms with van der Waals surface area (Å²) in [5, 5.41) is 9.53. The second-order valence-corrected chi connectivity index (χ2v) is 3.89. The Morgan fingerprint density at radius 1 is 1.67 bits per heavy atom. The van der Waals surface area contributed by atoms with Gasteiger partial charge >= 0.3 is 0 Å². The third kappa shape index (κ3) is 2.11. The molecule has 1 atom stereocenters. The van der Waals surface area contributed by atoms with Gasteiger partial charge in [-0.25, -0.2) is 4.98 Å². The number of aliphatic hydroxyl groups is 1. The average Bonchev–Trinajstić information content (AvgIpc) is 2.65. The SMILES string of the molecule is O=C(c1cccnc1Cl)N1CC[C@@H](O)C1. The van der Waals surface area contributed by atoms with Crippen molar-refractivity contribution >= 4 is 17.5 Å². The molecule has 0 bridgehead atoms. The number of aliphatic hydroxyl groups excluding tert-OH is 1. The number of rotatable bonds is 1. The lowest BCUT2D eigenvalue weighted by Crippen LogP contribution is -2.29.